The summed E-state index contributed by atoms with van der Waals surface area (Å²) in [5, 5.41) is 3.24. The second-order valence-corrected chi connectivity index (χ2v) is 3.19. The highest BCUT2D eigenvalue weighted by molar-refractivity contribution is 4.66. The Morgan fingerprint density at radius 2 is 2.09 bits per heavy atom. The zero-order chi connectivity index (χ0) is 8.69. The molecule has 0 spiro atoms. The molecule has 0 bridgehead atoms. The molecule has 0 rings (SSSR count). The van der Waals surface area contributed by atoms with Gasteiger partial charge in [-0.2, -0.15) is 0 Å². The van der Waals surface area contributed by atoms with Gasteiger partial charge in [0, 0.05) is 13.2 Å². The second-order valence-electron chi connectivity index (χ2n) is 3.19. The third kappa shape index (κ3) is 5.22. The van der Waals surface area contributed by atoms with E-state index in [9.17, 15) is 0 Å². The summed E-state index contributed by atoms with van der Waals surface area (Å²) < 4.78 is 5.08. The van der Waals surface area contributed by atoms with Gasteiger partial charge in [0.15, 0.2) is 0 Å². The van der Waals surface area contributed by atoms with E-state index in [0.717, 1.165) is 12.5 Å². The SMILES string of the molecule is CCC(C)CC(COC)NC. The van der Waals surface area contributed by atoms with Gasteiger partial charge in [0.1, 0.15) is 0 Å². The van der Waals surface area contributed by atoms with Gasteiger partial charge in [-0.3, -0.25) is 0 Å². The average Bonchev–Trinajstić information content (AvgIpc) is 2.03. The molecular formula is C9H21NO. The van der Waals surface area contributed by atoms with Crippen molar-refractivity contribution in [3.05, 3.63) is 0 Å². The molecule has 0 aromatic heterocycles. The van der Waals surface area contributed by atoms with Crippen LogP contribution in [0, 0.1) is 5.92 Å². The largest absolute Gasteiger partial charge is 0.383 e. The molecule has 0 aliphatic carbocycles. The summed E-state index contributed by atoms with van der Waals surface area (Å²) in [6.07, 6.45) is 2.46. The van der Waals surface area contributed by atoms with Crippen molar-refractivity contribution in [2.75, 3.05) is 20.8 Å². The molecule has 0 aliphatic heterocycles. The van der Waals surface area contributed by atoms with E-state index in [4.69, 9.17) is 4.74 Å². The third-order valence-corrected chi connectivity index (χ3v) is 2.16. The van der Waals surface area contributed by atoms with Crippen LogP contribution in [-0.4, -0.2) is 26.8 Å². The second kappa shape index (κ2) is 6.62. The summed E-state index contributed by atoms with van der Waals surface area (Å²) in [5.74, 6) is 0.794. The van der Waals surface area contributed by atoms with E-state index < -0.39 is 0 Å². The number of nitrogens with one attached hydrogen (secondary N) is 1. The molecule has 2 nitrogen and oxygen atoms in total. The topological polar surface area (TPSA) is 21.3 Å². The molecule has 0 fully saturated rings. The molecule has 0 amide bonds. The van der Waals surface area contributed by atoms with Gasteiger partial charge in [0.25, 0.3) is 0 Å². The van der Waals surface area contributed by atoms with Crippen LogP contribution in [0.15, 0.2) is 0 Å². The van der Waals surface area contributed by atoms with Crippen molar-refractivity contribution in [3.63, 3.8) is 0 Å². The minimum absolute atomic E-state index is 0.523. The van der Waals surface area contributed by atoms with Crippen molar-refractivity contribution < 1.29 is 4.74 Å². The van der Waals surface area contributed by atoms with E-state index in [1.54, 1.807) is 7.11 Å². The van der Waals surface area contributed by atoms with Crippen molar-refractivity contribution in [3.8, 4) is 0 Å². The summed E-state index contributed by atoms with van der Waals surface area (Å²) in [5.41, 5.74) is 0. The van der Waals surface area contributed by atoms with Crippen LogP contribution in [0.1, 0.15) is 26.7 Å². The van der Waals surface area contributed by atoms with Gasteiger partial charge >= 0.3 is 0 Å². The molecule has 0 radical (unpaired) electrons. The summed E-state index contributed by atoms with van der Waals surface area (Å²) in [4.78, 5) is 0. The van der Waals surface area contributed by atoms with Crippen LogP contribution in [0.4, 0.5) is 0 Å². The minimum Gasteiger partial charge on any atom is -0.383 e. The highest BCUT2D eigenvalue weighted by Gasteiger charge is 2.08. The van der Waals surface area contributed by atoms with E-state index in [-0.39, 0.29) is 0 Å². The number of ether oxygens (including phenoxy) is 1. The lowest BCUT2D eigenvalue weighted by molar-refractivity contribution is 0.158. The normalized spacial score (nSPS) is 16.4. The monoisotopic (exact) mass is 159 g/mol. The highest BCUT2D eigenvalue weighted by Crippen LogP contribution is 2.09. The smallest absolute Gasteiger partial charge is 0.0615 e. The van der Waals surface area contributed by atoms with Crippen LogP contribution in [0.2, 0.25) is 0 Å². The minimum atomic E-state index is 0.523. The van der Waals surface area contributed by atoms with Crippen LogP contribution >= 0.6 is 0 Å². The molecule has 2 atom stereocenters. The zero-order valence-electron chi connectivity index (χ0n) is 8.18. The first-order chi connectivity index (χ1) is 5.24. The number of hydrogen-bond acceptors (Lipinski definition) is 2. The van der Waals surface area contributed by atoms with Crippen molar-refractivity contribution in [1.29, 1.82) is 0 Å². The predicted molar refractivity (Wildman–Crippen MR) is 48.8 cm³/mol. The molecule has 0 aromatic rings. The standard InChI is InChI=1S/C9H21NO/c1-5-8(2)6-9(10-3)7-11-4/h8-10H,5-7H2,1-4H3. The van der Waals surface area contributed by atoms with Crippen molar-refractivity contribution in [2.24, 2.45) is 5.92 Å². The molecule has 0 saturated carbocycles. The Labute approximate surface area is 70.3 Å². The zero-order valence-corrected chi connectivity index (χ0v) is 8.18. The molecule has 2 unspecified atom stereocenters. The van der Waals surface area contributed by atoms with E-state index >= 15 is 0 Å². The first-order valence-electron chi connectivity index (χ1n) is 4.40. The van der Waals surface area contributed by atoms with Crippen molar-refractivity contribution in [2.45, 2.75) is 32.7 Å². The Bertz CT molecular complexity index is 85.6. The lowest BCUT2D eigenvalue weighted by Gasteiger charge is -2.18. The third-order valence-electron chi connectivity index (χ3n) is 2.16. The van der Waals surface area contributed by atoms with Gasteiger partial charge in [-0.15, -0.1) is 0 Å². The number of rotatable bonds is 6. The van der Waals surface area contributed by atoms with Gasteiger partial charge in [-0.25, -0.2) is 0 Å². The van der Waals surface area contributed by atoms with E-state index in [2.05, 4.69) is 19.2 Å². The van der Waals surface area contributed by atoms with Crippen LogP contribution < -0.4 is 5.32 Å². The van der Waals surface area contributed by atoms with Crippen LogP contribution in [0.5, 0.6) is 0 Å². The summed E-state index contributed by atoms with van der Waals surface area (Å²) in [6, 6.07) is 0.523. The van der Waals surface area contributed by atoms with E-state index in [0.29, 0.717) is 6.04 Å². The molecule has 68 valence electrons. The lowest BCUT2D eigenvalue weighted by atomic mass is 10.00. The maximum Gasteiger partial charge on any atom is 0.0615 e. The quantitative estimate of drug-likeness (QED) is 0.636. The fourth-order valence-corrected chi connectivity index (χ4v) is 1.12. The van der Waals surface area contributed by atoms with Crippen LogP contribution in [0.25, 0.3) is 0 Å². The molecule has 0 heterocycles. The van der Waals surface area contributed by atoms with Crippen molar-refractivity contribution in [1.82, 2.24) is 5.32 Å². The fourth-order valence-electron chi connectivity index (χ4n) is 1.12. The van der Waals surface area contributed by atoms with Gasteiger partial charge in [-0.1, -0.05) is 20.3 Å². The number of methoxy groups -OCH3 is 1. The Hall–Kier alpha value is -0.0800. The van der Waals surface area contributed by atoms with E-state index in [1.807, 2.05) is 7.05 Å². The Kier molecular flexibility index (Phi) is 6.57. The highest BCUT2D eigenvalue weighted by atomic mass is 16.5. The summed E-state index contributed by atoms with van der Waals surface area (Å²) >= 11 is 0. The molecule has 1 N–H and O–H groups in total. The van der Waals surface area contributed by atoms with E-state index in [1.165, 1.54) is 12.8 Å². The summed E-state index contributed by atoms with van der Waals surface area (Å²) in [7, 11) is 3.74. The first-order valence-corrected chi connectivity index (χ1v) is 4.40. The molecule has 11 heavy (non-hydrogen) atoms. The lowest BCUT2D eigenvalue weighted by Crippen LogP contribution is -2.31. The molecule has 0 aliphatic rings. The van der Waals surface area contributed by atoms with Gasteiger partial charge in [-0.05, 0) is 19.4 Å². The maximum atomic E-state index is 5.08. The summed E-state index contributed by atoms with van der Waals surface area (Å²) in [6.45, 7) is 5.32. The Morgan fingerprint density at radius 3 is 2.45 bits per heavy atom. The molecular weight excluding hydrogens is 138 g/mol. The number of likely N-dealkylation sites (N-methyl/N-ethyl adjacent to an activating group) is 1. The van der Waals surface area contributed by atoms with Crippen LogP contribution in [-0.2, 0) is 4.74 Å². The van der Waals surface area contributed by atoms with Gasteiger partial charge < -0.3 is 10.1 Å². The number of hydrogen-bond donors (Lipinski definition) is 1. The fraction of sp³-hybridized carbons (Fsp3) is 1.00. The average molecular weight is 159 g/mol. The van der Waals surface area contributed by atoms with Gasteiger partial charge in [0.05, 0.1) is 6.61 Å². The first kappa shape index (κ1) is 10.9. The molecule has 0 saturated heterocycles. The Morgan fingerprint density at radius 1 is 1.45 bits per heavy atom. The maximum absolute atomic E-state index is 5.08. The van der Waals surface area contributed by atoms with Crippen molar-refractivity contribution >= 4 is 0 Å². The molecule has 0 aromatic carbocycles. The predicted octanol–water partition coefficient (Wildman–Crippen LogP) is 1.66. The van der Waals surface area contributed by atoms with Gasteiger partial charge in [0.2, 0.25) is 0 Å². The Balaban J connectivity index is 3.49. The van der Waals surface area contributed by atoms with Crippen LogP contribution in [0.3, 0.4) is 0 Å². The molecule has 2 heteroatoms.